The number of ketones is 2. The maximum atomic E-state index is 13.3. The number of benzene rings is 2. The Labute approximate surface area is 174 Å². The second-order valence-electron chi connectivity index (χ2n) is 6.75. The molecule has 2 aromatic rings. The van der Waals surface area contributed by atoms with Gasteiger partial charge in [0, 0.05) is 26.2 Å². The molecule has 27 heavy (non-hydrogen) atoms. The molecule has 0 aliphatic heterocycles. The molecule has 1 aliphatic carbocycles. The molecule has 2 atom stereocenters. The lowest BCUT2D eigenvalue weighted by Gasteiger charge is -2.29. The van der Waals surface area contributed by atoms with Crippen molar-refractivity contribution in [2.45, 2.75) is 36.5 Å². The first-order chi connectivity index (χ1) is 12.9. The molecule has 2 unspecified atom stereocenters. The van der Waals surface area contributed by atoms with Crippen LogP contribution in [0.3, 0.4) is 0 Å². The van der Waals surface area contributed by atoms with E-state index in [2.05, 4.69) is 19.6 Å². The zero-order chi connectivity index (χ0) is 19.6. The lowest BCUT2D eigenvalue weighted by Crippen LogP contribution is -2.30. The van der Waals surface area contributed by atoms with E-state index in [1.165, 1.54) is 11.8 Å². The number of carbonyl (C=O) groups excluding carboxylic acids is 2. The summed E-state index contributed by atoms with van der Waals surface area (Å²) in [6.45, 7) is 4.08. The molecule has 2 nitrogen and oxygen atoms in total. The number of thioether (sulfide) groups is 1. The number of Topliss-reactive ketones (excluding diaryl/α,β-unsaturated/α-hetero) is 2. The summed E-state index contributed by atoms with van der Waals surface area (Å²) in [5.74, 6) is -0.339. The third kappa shape index (κ3) is 4.34. The van der Waals surface area contributed by atoms with Crippen molar-refractivity contribution >= 4 is 47.6 Å². The highest BCUT2D eigenvalue weighted by atomic mass is 35.5. The van der Waals surface area contributed by atoms with Crippen LogP contribution in [0.4, 0.5) is 0 Å². The molecule has 0 radical (unpaired) electrons. The molecule has 0 N–H and O–H groups in total. The topological polar surface area (TPSA) is 34.1 Å². The second kappa shape index (κ2) is 8.68. The van der Waals surface area contributed by atoms with Crippen molar-refractivity contribution < 1.29 is 9.59 Å². The Morgan fingerprint density at radius 1 is 1.22 bits per heavy atom. The van der Waals surface area contributed by atoms with E-state index in [-0.39, 0.29) is 23.4 Å². The highest BCUT2D eigenvalue weighted by Gasteiger charge is 2.37. The van der Waals surface area contributed by atoms with Crippen molar-refractivity contribution in [3.05, 3.63) is 69.6 Å². The van der Waals surface area contributed by atoms with E-state index >= 15 is 0 Å². The zero-order valence-corrected chi connectivity index (χ0v) is 17.7. The van der Waals surface area contributed by atoms with Gasteiger partial charge in [-0.15, -0.1) is 12.6 Å². The molecule has 1 aliphatic rings. The molecular formula is C22H21ClO2S2. The lowest BCUT2D eigenvalue weighted by molar-refractivity contribution is -0.119. The SMILES string of the molecule is CCC1CC(C)C(Sc2ccccc2)=C(C(=O)c2ccc(S)cc2Cl)C1=O. The molecular weight excluding hydrogens is 396 g/mol. The maximum absolute atomic E-state index is 13.3. The Kier molecular flexibility index (Phi) is 6.51. The Bertz CT molecular complexity index is 906. The molecule has 0 spiro atoms. The van der Waals surface area contributed by atoms with Crippen LogP contribution in [-0.2, 0) is 4.79 Å². The third-order valence-corrected chi connectivity index (χ3v) is 6.76. The van der Waals surface area contributed by atoms with Gasteiger partial charge in [0.1, 0.15) is 0 Å². The van der Waals surface area contributed by atoms with E-state index < -0.39 is 0 Å². The highest BCUT2D eigenvalue weighted by molar-refractivity contribution is 8.03. The van der Waals surface area contributed by atoms with Crippen LogP contribution in [0.1, 0.15) is 37.0 Å². The Hall–Kier alpha value is -1.49. The van der Waals surface area contributed by atoms with Gasteiger partial charge < -0.3 is 0 Å². The molecule has 2 aromatic carbocycles. The average Bonchev–Trinajstić information content (AvgIpc) is 2.65. The largest absolute Gasteiger partial charge is 0.294 e. The minimum Gasteiger partial charge on any atom is -0.294 e. The monoisotopic (exact) mass is 416 g/mol. The van der Waals surface area contributed by atoms with E-state index in [4.69, 9.17) is 11.6 Å². The van der Waals surface area contributed by atoms with Crippen molar-refractivity contribution in [1.29, 1.82) is 0 Å². The molecule has 0 aromatic heterocycles. The van der Waals surface area contributed by atoms with E-state index in [1.54, 1.807) is 18.2 Å². The normalized spacial score (nSPS) is 20.1. The van der Waals surface area contributed by atoms with Crippen molar-refractivity contribution in [2.75, 3.05) is 0 Å². The predicted molar refractivity (Wildman–Crippen MR) is 115 cm³/mol. The fraction of sp³-hybridized carbons (Fsp3) is 0.273. The van der Waals surface area contributed by atoms with Gasteiger partial charge in [0.25, 0.3) is 0 Å². The first-order valence-corrected chi connectivity index (χ1v) is 10.6. The smallest absolute Gasteiger partial charge is 0.198 e. The summed E-state index contributed by atoms with van der Waals surface area (Å²) in [5.41, 5.74) is 0.649. The first-order valence-electron chi connectivity index (χ1n) is 8.96. The Morgan fingerprint density at radius 3 is 2.56 bits per heavy atom. The van der Waals surface area contributed by atoms with Gasteiger partial charge in [0.2, 0.25) is 0 Å². The quantitative estimate of drug-likeness (QED) is 0.343. The van der Waals surface area contributed by atoms with Gasteiger partial charge >= 0.3 is 0 Å². The van der Waals surface area contributed by atoms with Crippen molar-refractivity contribution in [2.24, 2.45) is 11.8 Å². The van der Waals surface area contributed by atoms with E-state index in [0.29, 0.717) is 21.1 Å². The molecule has 0 heterocycles. The van der Waals surface area contributed by atoms with Crippen LogP contribution >= 0.6 is 36.0 Å². The number of thiol groups is 1. The van der Waals surface area contributed by atoms with Crippen LogP contribution in [0.15, 0.2) is 68.8 Å². The van der Waals surface area contributed by atoms with Crippen molar-refractivity contribution in [3.63, 3.8) is 0 Å². The number of halogens is 1. The van der Waals surface area contributed by atoms with Crippen molar-refractivity contribution in [1.82, 2.24) is 0 Å². The van der Waals surface area contributed by atoms with Crippen LogP contribution < -0.4 is 0 Å². The predicted octanol–water partition coefficient (Wildman–Crippen LogP) is 6.49. The minimum atomic E-state index is -0.290. The fourth-order valence-corrected chi connectivity index (χ4v) is 5.06. The summed E-state index contributed by atoms with van der Waals surface area (Å²) in [6.07, 6.45) is 1.50. The molecule has 5 heteroatoms. The molecule has 3 rings (SSSR count). The zero-order valence-electron chi connectivity index (χ0n) is 15.2. The highest BCUT2D eigenvalue weighted by Crippen LogP contribution is 2.43. The average molecular weight is 417 g/mol. The second-order valence-corrected chi connectivity index (χ2v) is 8.79. The standard InChI is InChI=1S/C22H21ClO2S2/c1-3-14-11-13(2)22(27-16-7-5-4-6-8-16)19(20(14)24)21(25)17-10-9-15(26)12-18(17)23/h4-10,12-14,26H,3,11H2,1-2H3. The van der Waals surface area contributed by atoms with Gasteiger partial charge in [-0.05, 0) is 49.1 Å². The summed E-state index contributed by atoms with van der Waals surface area (Å²) >= 11 is 12.1. The first kappa shape index (κ1) is 20.2. The summed E-state index contributed by atoms with van der Waals surface area (Å²) in [6, 6.07) is 14.9. The van der Waals surface area contributed by atoms with Gasteiger partial charge in [-0.3, -0.25) is 9.59 Å². The number of rotatable bonds is 5. The van der Waals surface area contributed by atoms with Crippen LogP contribution in [-0.4, -0.2) is 11.6 Å². The van der Waals surface area contributed by atoms with Gasteiger partial charge in [-0.2, -0.15) is 0 Å². The molecule has 0 saturated heterocycles. The van der Waals surface area contributed by atoms with E-state index in [9.17, 15) is 9.59 Å². The Balaban J connectivity index is 2.11. The van der Waals surface area contributed by atoms with E-state index in [1.807, 2.05) is 37.3 Å². The van der Waals surface area contributed by atoms with Crippen LogP contribution in [0.25, 0.3) is 0 Å². The Morgan fingerprint density at radius 2 is 1.93 bits per heavy atom. The lowest BCUT2D eigenvalue weighted by atomic mass is 9.78. The summed E-state index contributed by atoms with van der Waals surface area (Å²) in [7, 11) is 0. The fourth-order valence-electron chi connectivity index (χ4n) is 3.38. The van der Waals surface area contributed by atoms with Crippen LogP contribution in [0.5, 0.6) is 0 Å². The van der Waals surface area contributed by atoms with Gasteiger partial charge in [0.15, 0.2) is 11.6 Å². The number of carbonyl (C=O) groups is 2. The molecule has 0 fully saturated rings. The molecule has 0 bridgehead atoms. The van der Waals surface area contributed by atoms with Gasteiger partial charge in [-0.1, -0.05) is 55.4 Å². The minimum absolute atomic E-state index is 0.0648. The summed E-state index contributed by atoms with van der Waals surface area (Å²) in [5, 5.41) is 0.322. The molecule has 0 saturated carbocycles. The summed E-state index contributed by atoms with van der Waals surface area (Å²) < 4.78 is 0. The number of allylic oxidation sites excluding steroid dienone is 2. The number of hydrogen-bond acceptors (Lipinski definition) is 4. The molecule has 0 amide bonds. The van der Waals surface area contributed by atoms with Gasteiger partial charge in [0.05, 0.1) is 10.6 Å². The van der Waals surface area contributed by atoms with Crippen LogP contribution in [0, 0.1) is 11.8 Å². The number of hydrogen-bond donors (Lipinski definition) is 1. The van der Waals surface area contributed by atoms with Crippen molar-refractivity contribution in [3.8, 4) is 0 Å². The maximum Gasteiger partial charge on any atom is 0.198 e. The van der Waals surface area contributed by atoms with E-state index in [0.717, 1.165) is 22.6 Å². The summed E-state index contributed by atoms with van der Waals surface area (Å²) in [4.78, 5) is 29.0. The van der Waals surface area contributed by atoms with Gasteiger partial charge in [-0.25, -0.2) is 0 Å². The third-order valence-electron chi connectivity index (χ3n) is 4.84. The van der Waals surface area contributed by atoms with Crippen LogP contribution in [0.2, 0.25) is 5.02 Å². The molecule has 140 valence electrons.